The molecule has 0 spiro atoms. The quantitative estimate of drug-likeness (QED) is 0.757. The second kappa shape index (κ2) is 4.93. The molecule has 3 aromatic rings. The number of benzene rings is 1. The van der Waals surface area contributed by atoms with Gasteiger partial charge in [0.1, 0.15) is 11.3 Å². The van der Waals surface area contributed by atoms with E-state index >= 15 is 0 Å². The van der Waals surface area contributed by atoms with Crippen molar-refractivity contribution in [1.82, 2.24) is 15.0 Å². The molecule has 3 rings (SSSR count). The second-order valence-corrected chi connectivity index (χ2v) is 4.09. The van der Waals surface area contributed by atoms with Gasteiger partial charge in [0.05, 0.1) is 6.20 Å². The van der Waals surface area contributed by atoms with Gasteiger partial charge >= 0.3 is 5.97 Å². The Bertz CT molecular complexity index is 774. The first-order chi connectivity index (χ1) is 9.72. The highest BCUT2D eigenvalue weighted by Crippen LogP contribution is 2.16. The van der Waals surface area contributed by atoms with E-state index < -0.39 is 5.97 Å². The van der Waals surface area contributed by atoms with Crippen LogP contribution in [0.2, 0.25) is 0 Å². The monoisotopic (exact) mass is 266 g/mol. The van der Waals surface area contributed by atoms with Crippen LogP contribution in [0.4, 0.5) is 11.5 Å². The van der Waals surface area contributed by atoms with Crippen molar-refractivity contribution in [2.24, 2.45) is 0 Å². The molecule has 2 heterocycles. The lowest BCUT2D eigenvalue weighted by Crippen LogP contribution is -2.03. The van der Waals surface area contributed by atoms with E-state index in [0.29, 0.717) is 17.0 Å². The molecule has 20 heavy (non-hydrogen) atoms. The molecule has 0 saturated heterocycles. The molecule has 0 fully saturated rings. The van der Waals surface area contributed by atoms with Crippen molar-refractivity contribution in [3.05, 3.63) is 54.4 Å². The Kier molecular flexibility index (Phi) is 2.96. The Labute approximate surface area is 114 Å². The third-order valence-electron chi connectivity index (χ3n) is 2.67. The first-order valence-corrected chi connectivity index (χ1v) is 5.91. The summed E-state index contributed by atoms with van der Waals surface area (Å²) in [5, 5.41) is 12.0. The van der Waals surface area contributed by atoms with Gasteiger partial charge in [0.2, 0.25) is 0 Å². The zero-order valence-electron chi connectivity index (χ0n) is 10.3. The summed E-state index contributed by atoms with van der Waals surface area (Å²) in [6.45, 7) is 0. The number of rotatable bonds is 3. The Hall–Kier alpha value is -3.02. The Morgan fingerprint density at radius 2 is 1.85 bits per heavy atom. The SMILES string of the molecule is O=C(O)c1cnc2ccc(Nc3ccccc3)nc2n1. The first kappa shape index (κ1) is 12.0. The van der Waals surface area contributed by atoms with Gasteiger partial charge in [0.15, 0.2) is 11.3 Å². The van der Waals surface area contributed by atoms with Gasteiger partial charge in [0, 0.05) is 5.69 Å². The zero-order valence-corrected chi connectivity index (χ0v) is 10.3. The molecule has 0 aliphatic carbocycles. The summed E-state index contributed by atoms with van der Waals surface area (Å²) in [5.41, 5.74) is 1.61. The number of carboxylic acids is 1. The minimum absolute atomic E-state index is 0.123. The molecule has 0 unspecified atom stereocenters. The predicted molar refractivity (Wildman–Crippen MR) is 74.0 cm³/mol. The van der Waals surface area contributed by atoms with Crippen molar-refractivity contribution in [1.29, 1.82) is 0 Å². The molecule has 0 radical (unpaired) electrons. The molecule has 2 N–H and O–H groups in total. The molecule has 0 aliphatic heterocycles. The average molecular weight is 266 g/mol. The fraction of sp³-hybridized carbons (Fsp3) is 0. The molecule has 6 nitrogen and oxygen atoms in total. The summed E-state index contributed by atoms with van der Waals surface area (Å²) in [7, 11) is 0. The maximum Gasteiger partial charge on any atom is 0.356 e. The molecular weight excluding hydrogens is 256 g/mol. The smallest absolute Gasteiger partial charge is 0.356 e. The summed E-state index contributed by atoms with van der Waals surface area (Å²) >= 11 is 0. The van der Waals surface area contributed by atoms with Gasteiger partial charge < -0.3 is 10.4 Å². The lowest BCUT2D eigenvalue weighted by molar-refractivity contribution is 0.0690. The van der Waals surface area contributed by atoms with Crippen LogP contribution in [-0.2, 0) is 0 Å². The van der Waals surface area contributed by atoms with E-state index in [9.17, 15) is 4.79 Å². The summed E-state index contributed by atoms with van der Waals surface area (Å²) in [6.07, 6.45) is 1.22. The van der Waals surface area contributed by atoms with Crippen LogP contribution < -0.4 is 5.32 Å². The van der Waals surface area contributed by atoms with Gasteiger partial charge in [-0.05, 0) is 24.3 Å². The number of hydrogen-bond acceptors (Lipinski definition) is 5. The number of pyridine rings is 1. The lowest BCUT2D eigenvalue weighted by Gasteiger charge is -2.06. The number of para-hydroxylation sites is 1. The highest BCUT2D eigenvalue weighted by Gasteiger charge is 2.08. The van der Waals surface area contributed by atoms with Crippen molar-refractivity contribution >= 4 is 28.6 Å². The lowest BCUT2D eigenvalue weighted by atomic mass is 10.3. The summed E-state index contributed by atoms with van der Waals surface area (Å²) < 4.78 is 0. The van der Waals surface area contributed by atoms with Crippen LogP contribution in [0.1, 0.15) is 10.5 Å². The predicted octanol–water partition coefficient (Wildman–Crippen LogP) is 2.47. The van der Waals surface area contributed by atoms with Crippen LogP contribution in [0, 0.1) is 0 Å². The number of nitrogens with one attached hydrogen (secondary N) is 1. The Morgan fingerprint density at radius 1 is 1.05 bits per heavy atom. The number of aromatic nitrogens is 3. The normalized spacial score (nSPS) is 10.4. The van der Waals surface area contributed by atoms with Crippen molar-refractivity contribution in [3.8, 4) is 0 Å². The highest BCUT2D eigenvalue weighted by molar-refractivity contribution is 5.87. The molecule has 0 atom stereocenters. The van der Waals surface area contributed by atoms with E-state index in [2.05, 4.69) is 20.3 Å². The largest absolute Gasteiger partial charge is 0.476 e. The summed E-state index contributed by atoms with van der Waals surface area (Å²) in [6, 6.07) is 13.1. The maximum absolute atomic E-state index is 10.9. The van der Waals surface area contributed by atoms with Gasteiger partial charge in [-0.3, -0.25) is 4.98 Å². The van der Waals surface area contributed by atoms with Crippen molar-refractivity contribution in [2.75, 3.05) is 5.32 Å². The maximum atomic E-state index is 10.9. The summed E-state index contributed by atoms with van der Waals surface area (Å²) in [4.78, 5) is 23.1. The molecule has 1 aromatic carbocycles. The molecule has 0 saturated carbocycles. The van der Waals surface area contributed by atoms with E-state index in [1.165, 1.54) is 6.20 Å². The van der Waals surface area contributed by atoms with E-state index in [1.807, 2.05) is 30.3 Å². The van der Waals surface area contributed by atoms with Crippen LogP contribution in [0.3, 0.4) is 0 Å². The Morgan fingerprint density at radius 3 is 2.60 bits per heavy atom. The molecule has 0 bridgehead atoms. The topological polar surface area (TPSA) is 88.0 Å². The molecular formula is C14H10N4O2. The first-order valence-electron chi connectivity index (χ1n) is 5.91. The fourth-order valence-corrected chi connectivity index (χ4v) is 1.74. The van der Waals surface area contributed by atoms with Crippen LogP contribution in [0.25, 0.3) is 11.2 Å². The Balaban J connectivity index is 1.99. The van der Waals surface area contributed by atoms with Gasteiger partial charge in [-0.1, -0.05) is 18.2 Å². The number of hydrogen-bond donors (Lipinski definition) is 2. The number of aromatic carboxylic acids is 1. The van der Waals surface area contributed by atoms with E-state index in [4.69, 9.17) is 5.11 Å². The van der Waals surface area contributed by atoms with E-state index in [1.54, 1.807) is 12.1 Å². The van der Waals surface area contributed by atoms with Crippen molar-refractivity contribution in [3.63, 3.8) is 0 Å². The molecule has 6 heteroatoms. The second-order valence-electron chi connectivity index (χ2n) is 4.09. The molecule has 2 aromatic heterocycles. The third kappa shape index (κ3) is 2.39. The molecule has 0 aliphatic rings. The minimum atomic E-state index is -1.12. The van der Waals surface area contributed by atoms with Crippen molar-refractivity contribution < 1.29 is 9.90 Å². The minimum Gasteiger partial charge on any atom is -0.476 e. The fourth-order valence-electron chi connectivity index (χ4n) is 1.74. The average Bonchev–Trinajstić information content (AvgIpc) is 2.47. The van der Waals surface area contributed by atoms with Gasteiger partial charge in [-0.15, -0.1) is 0 Å². The third-order valence-corrected chi connectivity index (χ3v) is 2.67. The number of anilines is 2. The van der Waals surface area contributed by atoms with Crippen molar-refractivity contribution in [2.45, 2.75) is 0 Å². The van der Waals surface area contributed by atoms with E-state index in [0.717, 1.165) is 5.69 Å². The van der Waals surface area contributed by atoms with Gasteiger partial charge in [0.25, 0.3) is 0 Å². The zero-order chi connectivity index (χ0) is 13.9. The van der Waals surface area contributed by atoms with Crippen LogP contribution in [0.5, 0.6) is 0 Å². The number of carbonyl (C=O) groups is 1. The highest BCUT2D eigenvalue weighted by atomic mass is 16.4. The summed E-state index contributed by atoms with van der Waals surface area (Å²) in [5.74, 6) is -0.539. The number of nitrogens with zero attached hydrogens (tertiary/aromatic N) is 3. The van der Waals surface area contributed by atoms with Crippen LogP contribution in [-0.4, -0.2) is 26.0 Å². The molecule has 0 amide bonds. The van der Waals surface area contributed by atoms with E-state index in [-0.39, 0.29) is 5.69 Å². The van der Waals surface area contributed by atoms with Gasteiger partial charge in [-0.2, -0.15) is 0 Å². The van der Waals surface area contributed by atoms with Crippen LogP contribution in [0.15, 0.2) is 48.7 Å². The van der Waals surface area contributed by atoms with Crippen LogP contribution >= 0.6 is 0 Å². The standard InChI is InChI=1S/C14H10N4O2/c19-14(20)11-8-15-10-6-7-12(18-13(10)17-11)16-9-4-2-1-3-5-9/h1-8H,(H,19,20)(H,16,17,18). The molecule has 98 valence electrons. The van der Waals surface area contributed by atoms with Gasteiger partial charge in [-0.25, -0.2) is 14.8 Å². The number of fused-ring (bicyclic) bond motifs is 1. The number of carboxylic acid groups (broad SMARTS) is 1.